The highest BCUT2D eigenvalue weighted by Crippen LogP contribution is 2.20. The highest BCUT2D eigenvalue weighted by Gasteiger charge is 2.11. The highest BCUT2D eigenvalue weighted by atomic mass is 32.2. The fraction of sp³-hybridized carbons (Fsp3) is 0.214. The van der Waals surface area contributed by atoms with Gasteiger partial charge in [-0.2, -0.15) is 0 Å². The molecule has 0 radical (unpaired) electrons. The van der Waals surface area contributed by atoms with Gasteiger partial charge in [0.2, 0.25) is 10.0 Å². The number of halogens is 1. The quantitative estimate of drug-likeness (QED) is 0.889. The second-order valence-corrected chi connectivity index (χ2v) is 6.42. The standard InChI is InChI=1S/C14H16FN3O2S/c1-10(11-7-12(15)9-17-8-11)18-13-3-5-14(6-4-13)21(19,20)16-2/h3-10,16,18H,1-2H3. The van der Waals surface area contributed by atoms with E-state index in [1.54, 1.807) is 18.3 Å². The molecule has 0 amide bonds. The summed E-state index contributed by atoms with van der Waals surface area (Å²) >= 11 is 0. The second kappa shape index (κ2) is 6.19. The lowest BCUT2D eigenvalue weighted by Gasteiger charge is -2.15. The number of hydrogen-bond donors (Lipinski definition) is 2. The maximum Gasteiger partial charge on any atom is 0.240 e. The van der Waals surface area contributed by atoms with Crippen LogP contribution in [0.4, 0.5) is 10.1 Å². The van der Waals surface area contributed by atoms with E-state index in [1.807, 2.05) is 6.92 Å². The van der Waals surface area contributed by atoms with E-state index in [2.05, 4.69) is 15.0 Å². The van der Waals surface area contributed by atoms with Crippen molar-refractivity contribution in [1.82, 2.24) is 9.71 Å². The molecule has 0 saturated heterocycles. The van der Waals surface area contributed by atoms with Crippen LogP contribution < -0.4 is 10.0 Å². The second-order valence-electron chi connectivity index (χ2n) is 4.53. The molecule has 1 aromatic carbocycles. The summed E-state index contributed by atoms with van der Waals surface area (Å²) in [6.07, 6.45) is 2.73. The number of nitrogens with one attached hydrogen (secondary N) is 2. The first-order chi connectivity index (χ1) is 9.92. The molecule has 0 saturated carbocycles. The normalized spacial score (nSPS) is 12.9. The fourth-order valence-electron chi connectivity index (χ4n) is 1.85. The molecule has 0 aliphatic carbocycles. The zero-order chi connectivity index (χ0) is 15.5. The zero-order valence-electron chi connectivity index (χ0n) is 11.7. The Morgan fingerprint density at radius 3 is 2.43 bits per heavy atom. The molecule has 2 N–H and O–H groups in total. The van der Waals surface area contributed by atoms with Gasteiger partial charge in [-0.15, -0.1) is 0 Å². The van der Waals surface area contributed by atoms with Crippen LogP contribution in [0.5, 0.6) is 0 Å². The highest BCUT2D eigenvalue weighted by molar-refractivity contribution is 7.89. The number of pyridine rings is 1. The third-order valence-corrected chi connectivity index (χ3v) is 4.47. The smallest absolute Gasteiger partial charge is 0.240 e. The summed E-state index contributed by atoms with van der Waals surface area (Å²) in [5.74, 6) is -0.392. The van der Waals surface area contributed by atoms with Gasteiger partial charge in [0.25, 0.3) is 0 Å². The van der Waals surface area contributed by atoms with Crippen molar-refractivity contribution in [2.75, 3.05) is 12.4 Å². The molecule has 0 aliphatic rings. The van der Waals surface area contributed by atoms with Gasteiger partial charge in [-0.1, -0.05) is 0 Å². The molecular weight excluding hydrogens is 293 g/mol. The number of benzene rings is 1. The first-order valence-electron chi connectivity index (χ1n) is 6.33. The van der Waals surface area contributed by atoms with Crippen molar-refractivity contribution in [1.29, 1.82) is 0 Å². The third-order valence-electron chi connectivity index (χ3n) is 3.04. The largest absolute Gasteiger partial charge is 0.378 e. The van der Waals surface area contributed by atoms with Gasteiger partial charge in [0, 0.05) is 11.9 Å². The lowest BCUT2D eigenvalue weighted by molar-refractivity contribution is 0.588. The number of aromatic nitrogens is 1. The maximum absolute atomic E-state index is 13.1. The Balaban J connectivity index is 2.14. The molecule has 0 bridgehead atoms. The van der Waals surface area contributed by atoms with Crippen molar-refractivity contribution in [3.8, 4) is 0 Å². The molecule has 0 spiro atoms. The van der Waals surface area contributed by atoms with Crippen LogP contribution in [-0.2, 0) is 10.0 Å². The molecule has 5 nitrogen and oxygen atoms in total. The van der Waals surface area contributed by atoms with Gasteiger partial charge in [-0.3, -0.25) is 4.98 Å². The maximum atomic E-state index is 13.1. The van der Waals surface area contributed by atoms with E-state index in [-0.39, 0.29) is 10.9 Å². The van der Waals surface area contributed by atoms with Gasteiger partial charge in [0.05, 0.1) is 17.1 Å². The fourth-order valence-corrected chi connectivity index (χ4v) is 2.58. The van der Waals surface area contributed by atoms with Crippen molar-refractivity contribution in [2.45, 2.75) is 17.9 Å². The van der Waals surface area contributed by atoms with E-state index in [0.29, 0.717) is 5.56 Å². The van der Waals surface area contributed by atoms with E-state index in [1.165, 1.54) is 25.2 Å². The minimum atomic E-state index is -3.44. The van der Waals surface area contributed by atoms with Gasteiger partial charge in [0.1, 0.15) is 5.82 Å². The van der Waals surface area contributed by atoms with Crippen molar-refractivity contribution >= 4 is 15.7 Å². The summed E-state index contributed by atoms with van der Waals surface area (Å²) in [7, 11) is -2.08. The molecule has 2 aromatic rings. The number of anilines is 1. The van der Waals surface area contributed by atoms with Gasteiger partial charge < -0.3 is 5.32 Å². The van der Waals surface area contributed by atoms with Crippen LogP contribution in [0.15, 0.2) is 47.6 Å². The molecule has 1 unspecified atom stereocenters. The number of nitrogens with zero attached hydrogens (tertiary/aromatic N) is 1. The van der Waals surface area contributed by atoms with Crippen LogP contribution in [0.3, 0.4) is 0 Å². The Bertz CT molecular complexity index is 717. The molecule has 21 heavy (non-hydrogen) atoms. The lowest BCUT2D eigenvalue weighted by Crippen LogP contribution is -2.18. The van der Waals surface area contributed by atoms with Crippen molar-refractivity contribution in [2.24, 2.45) is 0 Å². The predicted octanol–water partition coefficient (Wildman–Crippen LogP) is 2.30. The average molecular weight is 309 g/mol. The molecule has 7 heteroatoms. The first-order valence-corrected chi connectivity index (χ1v) is 7.81. The van der Waals surface area contributed by atoms with Gasteiger partial charge in [-0.25, -0.2) is 17.5 Å². The third kappa shape index (κ3) is 3.77. The summed E-state index contributed by atoms with van der Waals surface area (Å²) < 4.78 is 38.6. The van der Waals surface area contributed by atoms with E-state index in [9.17, 15) is 12.8 Å². The molecule has 0 fully saturated rings. The van der Waals surface area contributed by atoms with Gasteiger partial charge >= 0.3 is 0 Å². The minimum absolute atomic E-state index is 0.153. The molecule has 1 aromatic heterocycles. The Morgan fingerprint density at radius 2 is 1.86 bits per heavy atom. The Labute approximate surface area is 123 Å². The summed E-state index contributed by atoms with van der Waals surface area (Å²) in [5.41, 5.74) is 1.45. The van der Waals surface area contributed by atoms with E-state index < -0.39 is 15.8 Å². The number of sulfonamides is 1. The topological polar surface area (TPSA) is 71.1 Å². The van der Waals surface area contributed by atoms with E-state index >= 15 is 0 Å². The van der Waals surface area contributed by atoms with Gasteiger partial charge in [0.15, 0.2) is 0 Å². The van der Waals surface area contributed by atoms with E-state index in [0.717, 1.165) is 11.9 Å². The summed E-state index contributed by atoms with van der Waals surface area (Å²) in [6, 6.07) is 7.58. The molecule has 0 aliphatic heterocycles. The predicted molar refractivity (Wildman–Crippen MR) is 78.9 cm³/mol. The van der Waals surface area contributed by atoms with Gasteiger partial charge in [-0.05, 0) is 49.9 Å². The lowest BCUT2D eigenvalue weighted by atomic mass is 10.1. The summed E-state index contributed by atoms with van der Waals surface area (Å²) in [5, 5.41) is 3.16. The Morgan fingerprint density at radius 1 is 1.19 bits per heavy atom. The zero-order valence-corrected chi connectivity index (χ0v) is 12.5. The van der Waals surface area contributed by atoms with Crippen LogP contribution in [0, 0.1) is 5.82 Å². The SMILES string of the molecule is CNS(=O)(=O)c1ccc(NC(C)c2cncc(F)c2)cc1. The van der Waals surface area contributed by atoms with Crippen LogP contribution in [0.25, 0.3) is 0 Å². The molecule has 1 atom stereocenters. The molecular formula is C14H16FN3O2S. The monoisotopic (exact) mass is 309 g/mol. The summed E-state index contributed by atoms with van der Waals surface area (Å²) in [4.78, 5) is 3.99. The van der Waals surface area contributed by atoms with Crippen LogP contribution in [-0.4, -0.2) is 20.4 Å². The van der Waals surface area contributed by atoms with Crippen molar-refractivity contribution in [3.05, 3.63) is 54.1 Å². The Kier molecular flexibility index (Phi) is 4.54. The van der Waals surface area contributed by atoms with Crippen molar-refractivity contribution < 1.29 is 12.8 Å². The first kappa shape index (κ1) is 15.4. The molecule has 1 heterocycles. The van der Waals surface area contributed by atoms with Crippen LogP contribution >= 0.6 is 0 Å². The van der Waals surface area contributed by atoms with E-state index in [4.69, 9.17) is 0 Å². The Hall–Kier alpha value is -1.99. The minimum Gasteiger partial charge on any atom is -0.378 e. The molecule has 112 valence electrons. The van der Waals surface area contributed by atoms with Crippen LogP contribution in [0.2, 0.25) is 0 Å². The summed E-state index contributed by atoms with van der Waals surface area (Å²) in [6.45, 7) is 1.87. The number of hydrogen-bond acceptors (Lipinski definition) is 4. The molecule has 2 rings (SSSR count). The average Bonchev–Trinajstić information content (AvgIpc) is 2.48. The van der Waals surface area contributed by atoms with Crippen LogP contribution in [0.1, 0.15) is 18.5 Å². The number of rotatable bonds is 5. The van der Waals surface area contributed by atoms with Crippen molar-refractivity contribution in [3.63, 3.8) is 0 Å².